The first-order valence-electron chi connectivity index (χ1n) is 4.90. The molecule has 16 heavy (non-hydrogen) atoms. The normalized spacial score (nSPS) is 10.1. The van der Waals surface area contributed by atoms with Crippen LogP contribution in [0.5, 0.6) is 11.5 Å². The Morgan fingerprint density at radius 3 is 2.19 bits per heavy atom. The van der Waals surface area contributed by atoms with Gasteiger partial charge in [0.05, 0.1) is 0 Å². The van der Waals surface area contributed by atoms with E-state index in [9.17, 15) is 0 Å². The Morgan fingerprint density at radius 1 is 0.938 bits per heavy atom. The number of aromatic hydroxyl groups is 1. The summed E-state index contributed by atoms with van der Waals surface area (Å²) < 4.78 is 5.53. The van der Waals surface area contributed by atoms with Crippen molar-refractivity contribution in [2.75, 3.05) is 0 Å². The van der Waals surface area contributed by atoms with Gasteiger partial charge in [0.1, 0.15) is 18.1 Å². The van der Waals surface area contributed by atoms with Gasteiger partial charge in [0, 0.05) is 5.02 Å². The predicted molar refractivity (Wildman–Crippen MR) is 63.9 cm³/mol. The van der Waals surface area contributed by atoms with E-state index >= 15 is 0 Å². The molecule has 2 rings (SSSR count). The summed E-state index contributed by atoms with van der Waals surface area (Å²) in [6.45, 7) is 0.488. The van der Waals surface area contributed by atoms with Crippen LogP contribution < -0.4 is 4.74 Å². The maximum atomic E-state index is 9.10. The third-order valence-corrected chi connectivity index (χ3v) is 2.41. The summed E-state index contributed by atoms with van der Waals surface area (Å²) >= 11 is 5.78. The Hall–Kier alpha value is -1.67. The second-order valence-corrected chi connectivity index (χ2v) is 3.85. The topological polar surface area (TPSA) is 29.5 Å². The molecule has 0 aliphatic carbocycles. The lowest BCUT2D eigenvalue weighted by molar-refractivity contribution is 0.305. The second kappa shape index (κ2) is 4.90. The number of halogens is 1. The van der Waals surface area contributed by atoms with E-state index in [4.69, 9.17) is 21.4 Å². The molecule has 0 unspecified atom stereocenters. The lowest BCUT2D eigenvalue weighted by Gasteiger charge is -2.06. The van der Waals surface area contributed by atoms with E-state index in [2.05, 4.69) is 0 Å². The van der Waals surface area contributed by atoms with E-state index in [0.717, 1.165) is 11.3 Å². The maximum Gasteiger partial charge on any atom is 0.120 e. The highest BCUT2D eigenvalue weighted by Crippen LogP contribution is 2.17. The Morgan fingerprint density at radius 2 is 1.56 bits per heavy atom. The molecule has 0 saturated heterocycles. The van der Waals surface area contributed by atoms with Gasteiger partial charge in [-0.15, -0.1) is 0 Å². The van der Waals surface area contributed by atoms with Gasteiger partial charge >= 0.3 is 0 Å². The minimum atomic E-state index is 0.235. The van der Waals surface area contributed by atoms with Gasteiger partial charge < -0.3 is 9.84 Å². The van der Waals surface area contributed by atoms with Crippen LogP contribution in [-0.2, 0) is 6.61 Å². The van der Waals surface area contributed by atoms with Crippen molar-refractivity contribution in [2.45, 2.75) is 6.61 Å². The highest BCUT2D eigenvalue weighted by Gasteiger charge is 1.96. The summed E-state index contributed by atoms with van der Waals surface area (Å²) in [4.78, 5) is 0. The van der Waals surface area contributed by atoms with Crippen LogP contribution in [0.15, 0.2) is 48.5 Å². The van der Waals surface area contributed by atoms with Crippen molar-refractivity contribution in [1.29, 1.82) is 0 Å². The molecular formula is C13H11ClO2. The van der Waals surface area contributed by atoms with Crippen LogP contribution in [0, 0.1) is 0 Å². The van der Waals surface area contributed by atoms with Gasteiger partial charge in [-0.1, -0.05) is 23.7 Å². The number of hydrogen-bond acceptors (Lipinski definition) is 2. The zero-order valence-electron chi connectivity index (χ0n) is 8.56. The van der Waals surface area contributed by atoms with Gasteiger partial charge in [-0.05, 0) is 42.0 Å². The van der Waals surface area contributed by atoms with Crippen molar-refractivity contribution in [2.24, 2.45) is 0 Å². The number of phenols is 1. The molecule has 0 aliphatic heterocycles. The van der Waals surface area contributed by atoms with Crippen molar-refractivity contribution in [3.63, 3.8) is 0 Å². The van der Waals surface area contributed by atoms with Gasteiger partial charge in [-0.3, -0.25) is 0 Å². The van der Waals surface area contributed by atoms with Crippen LogP contribution in [0.3, 0.4) is 0 Å². The van der Waals surface area contributed by atoms with Crippen LogP contribution in [0.25, 0.3) is 0 Å². The first-order chi connectivity index (χ1) is 7.74. The summed E-state index contributed by atoms with van der Waals surface area (Å²) in [6, 6.07) is 14.1. The number of benzene rings is 2. The van der Waals surface area contributed by atoms with E-state index in [-0.39, 0.29) is 5.75 Å². The molecule has 0 atom stereocenters. The largest absolute Gasteiger partial charge is 0.508 e. The quantitative estimate of drug-likeness (QED) is 0.879. The van der Waals surface area contributed by atoms with Gasteiger partial charge in [-0.25, -0.2) is 0 Å². The molecule has 0 heterocycles. The lowest BCUT2D eigenvalue weighted by Crippen LogP contribution is -1.94. The molecule has 0 aliphatic rings. The third-order valence-electron chi connectivity index (χ3n) is 2.16. The van der Waals surface area contributed by atoms with E-state index in [1.54, 1.807) is 24.3 Å². The molecule has 0 amide bonds. The van der Waals surface area contributed by atoms with Crippen LogP contribution in [0.4, 0.5) is 0 Å². The number of ether oxygens (including phenoxy) is 1. The van der Waals surface area contributed by atoms with Gasteiger partial charge in [0.25, 0.3) is 0 Å². The average Bonchev–Trinajstić information content (AvgIpc) is 2.30. The highest BCUT2D eigenvalue weighted by atomic mass is 35.5. The first-order valence-corrected chi connectivity index (χ1v) is 5.28. The van der Waals surface area contributed by atoms with Crippen molar-refractivity contribution < 1.29 is 9.84 Å². The molecule has 0 saturated carbocycles. The second-order valence-electron chi connectivity index (χ2n) is 3.41. The summed E-state index contributed by atoms with van der Waals surface area (Å²) in [5.74, 6) is 0.964. The smallest absolute Gasteiger partial charge is 0.120 e. The fourth-order valence-corrected chi connectivity index (χ4v) is 1.42. The van der Waals surface area contributed by atoms with Gasteiger partial charge in [0.15, 0.2) is 0 Å². The molecule has 3 heteroatoms. The van der Waals surface area contributed by atoms with Crippen molar-refractivity contribution >= 4 is 11.6 Å². The average molecular weight is 235 g/mol. The third kappa shape index (κ3) is 2.91. The van der Waals surface area contributed by atoms with Crippen LogP contribution in [0.2, 0.25) is 5.02 Å². The standard InChI is InChI=1S/C13H11ClO2/c14-11-3-1-10(2-4-11)9-16-13-7-5-12(15)6-8-13/h1-8,15H,9H2. The highest BCUT2D eigenvalue weighted by molar-refractivity contribution is 6.30. The van der Waals surface area contributed by atoms with E-state index in [0.29, 0.717) is 11.6 Å². The van der Waals surface area contributed by atoms with Gasteiger partial charge in [0.2, 0.25) is 0 Å². The minimum absolute atomic E-state index is 0.235. The fraction of sp³-hybridized carbons (Fsp3) is 0.0769. The van der Waals surface area contributed by atoms with Crippen molar-refractivity contribution in [3.8, 4) is 11.5 Å². The maximum absolute atomic E-state index is 9.10. The van der Waals surface area contributed by atoms with E-state index in [1.807, 2.05) is 24.3 Å². The van der Waals surface area contributed by atoms with Crippen molar-refractivity contribution in [1.82, 2.24) is 0 Å². The Balaban J connectivity index is 1.97. The molecule has 0 fully saturated rings. The molecule has 0 bridgehead atoms. The van der Waals surface area contributed by atoms with E-state index < -0.39 is 0 Å². The summed E-state index contributed by atoms with van der Waals surface area (Å²) in [5.41, 5.74) is 1.05. The Labute approximate surface area is 99.1 Å². The number of phenolic OH excluding ortho intramolecular Hbond substituents is 1. The summed E-state index contributed by atoms with van der Waals surface area (Å²) in [5, 5.41) is 9.82. The summed E-state index contributed by atoms with van der Waals surface area (Å²) in [6.07, 6.45) is 0. The molecule has 1 N–H and O–H groups in total. The lowest BCUT2D eigenvalue weighted by atomic mass is 10.2. The molecule has 82 valence electrons. The van der Waals surface area contributed by atoms with E-state index in [1.165, 1.54) is 0 Å². The molecule has 0 spiro atoms. The fourth-order valence-electron chi connectivity index (χ4n) is 1.29. The zero-order valence-corrected chi connectivity index (χ0v) is 9.32. The molecule has 2 nitrogen and oxygen atoms in total. The Bertz CT molecular complexity index is 403. The first kappa shape index (κ1) is 10.8. The van der Waals surface area contributed by atoms with Crippen LogP contribution in [-0.4, -0.2) is 5.11 Å². The number of hydrogen-bond donors (Lipinski definition) is 1. The monoisotopic (exact) mass is 234 g/mol. The zero-order chi connectivity index (χ0) is 11.4. The molecular weight excluding hydrogens is 224 g/mol. The van der Waals surface area contributed by atoms with Crippen LogP contribution >= 0.6 is 11.6 Å². The molecule has 0 aromatic heterocycles. The van der Waals surface area contributed by atoms with Gasteiger partial charge in [-0.2, -0.15) is 0 Å². The molecule has 0 radical (unpaired) electrons. The molecule has 2 aromatic rings. The SMILES string of the molecule is Oc1ccc(OCc2ccc(Cl)cc2)cc1. The van der Waals surface area contributed by atoms with Crippen LogP contribution in [0.1, 0.15) is 5.56 Å². The van der Waals surface area contributed by atoms with Crippen molar-refractivity contribution in [3.05, 3.63) is 59.1 Å². The molecule has 2 aromatic carbocycles. The minimum Gasteiger partial charge on any atom is -0.508 e. The Kier molecular flexibility index (Phi) is 3.32. The predicted octanol–water partition coefficient (Wildman–Crippen LogP) is 3.62. The number of rotatable bonds is 3. The summed E-state index contributed by atoms with van der Waals surface area (Å²) in [7, 11) is 0.